The monoisotopic (exact) mass is 340 g/mol. The molecule has 118 valence electrons. The molecule has 0 bridgehead atoms. The number of hydrogen-bond donors (Lipinski definition) is 0. The average Bonchev–Trinajstić information content (AvgIpc) is 3.05. The first-order valence-electron chi connectivity index (χ1n) is 6.84. The topological polar surface area (TPSA) is 53.3 Å². The number of carbonyl (C=O) groups is 1. The number of hydrogen-bond acceptors (Lipinski definition) is 3. The van der Waals surface area contributed by atoms with Crippen LogP contribution in [0.4, 0.5) is 0 Å². The first-order valence-corrected chi connectivity index (χ1v) is 7.60. The second kappa shape index (κ2) is 9.34. The van der Waals surface area contributed by atoms with Gasteiger partial charge in [-0.05, 0) is 31.9 Å². The maximum absolute atomic E-state index is 11.3. The van der Waals surface area contributed by atoms with Gasteiger partial charge in [0.1, 0.15) is 5.75 Å². The molecule has 22 heavy (non-hydrogen) atoms. The SMILES string of the molecule is C/C(C#N)=C\C(=O)N1CCCC1.COc1ccc(Cl)c(Cl)c1. The van der Waals surface area contributed by atoms with Gasteiger partial charge < -0.3 is 9.64 Å². The van der Waals surface area contributed by atoms with E-state index in [1.54, 1.807) is 37.1 Å². The van der Waals surface area contributed by atoms with Crippen LogP contribution in [-0.2, 0) is 4.79 Å². The van der Waals surface area contributed by atoms with Crippen LogP contribution in [0, 0.1) is 11.3 Å². The molecular formula is C16H18Cl2N2O2. The Hall–Kier alpha value is -1.70. The van der Waals surface area contributed by atoms with E-state index in [4.69, 9.17) is 33.2 Å². The lowest BCUT2D eigenvalue weighted by Crippen LogP contribution is -2.25. The molecule has 1 heterocycles. The summed E-state index contributed by atoms with van der Waals surface area (Å²) in [5, 5.41) is 9.50. The third-order valence-corrected chi connectivity index (χ3v) is 3.80. The van der Waals surface area contributed by atoms with Crippen molar-refractivity contribution in [2.75, 3.05) is 20.2 Å². The maximum Gasteiger partial charge on any atom is 0.247 e. The van der Waals surface area contributed by atoms with Crippen molar-refractivity contribution in [3.05, 3.63) is 39.9 Å². The molecular weight excluding hydrogens is 323 g/mol. The van der Waals surface area contributed by atoms with Crippen LogP contribution in [0.25, 0.3) is 0 Å². The highest BCUT2D eigenvalue weighted by molar-refractivity contribution is 6.42. The van der Waals surface area contributed by atoms with Crippen molar-refractivity contribution in [1.29, 1.82) is 5.26 Å². The minimum absolute atomic E-state index is 0.0217. The maximum atomic E-state index is 11.3. The number of halogens is 2. The van der Waals surface area contributed by atoms with E-state index in [0.29, 0.717) is 15.6 Å². The van der Waals surface area contributed by atoms with Crippen molar-refractivity contribution in [3.8, 4) is 11.8 Å². The number of carbonyl (C=O) groups excluding carboxylic acids is 1. The number of amides is 1. The van der Waals surface area contributed by atoms with Crippen molar-refractivity contribution >= 4 is 29.1 Å². The van der Waals surface area contributed by atoms with E-state index in [1.165, 1.54) is 6.08 Å². The molecule has 2 rings (SSSR count). The standard InChI is InChI=1S/C9H12N2O.C7H6Cl2O/c1-8(7-10)6-9(12)11-4-2-3-5-11;1-10-5-2-3-6(8)7(9)4-5/h6H,2-5H2,1H3;2-4H,1H3/b8-6+;. The minimum Gasteiger partial charge on any atom is -0.497 e. The quantitative estimate of drug-likeness (QED) is 0.602. The fourth-order valence-corrected chi connectivity index (χ4v) is 2.14. The molecule has 0 aliphatic carbocycles. The summed E-state index contributed by atoms with van der Waals surface area (Å²) in [6.07, 6.45) is 3.59. The summed E-state index contributed by atoms with van der Waals surface area (Å²) in [5.74, 6) is 0.695. The lowest BCUT2D eigenvalue weighted by Gasteiger charge is -2.11. The molecule has 0 aromatic heterocycles. The Balaban J connectivity index is 0.000000224. The first-order chi connectivity index (χ1) is 10.5. The smallest absolute Gasteiger partial charge is 0.247 e. The van der Waals surface area contributed by atoms with Crippen LogP contribution in [0.5, 0.6) is 5.75 Å². The number of ether oxygens (including phenoxy) is 1. The molecule has 6 heteroatoms. The number of allylic oxidation sites excluding steroid dienone is 1. The van der Waals surface area contributed by atoms with Crippen molar-refractivity contribution in [1.82, 2.24) is 4.90 Å². The van der Waals surface area contributed by atoms with Gasteiger partial charge in [0, 0.05) is 30.8 Å². The Kier molecular flexibility index (Phi) is 7.79. The van der Waals surface area contributed by atoms with Gasteiger partial charge in [-0.15, -0.1) is 0 Å². The van der Waals surface area contributed by atoms with Crippen LogP contribution in [0.1, 0.15) is 19.8 Å². The van der Waals surface area contributed by atoms with Gasteiger partial charge in [-0.3, -0.25) is 4.79 Å². The lowest BCUT2D eigenvalue weighted by molar-refractivity contribution is -0.125. The molecule has 1 fully saturated rings. The number of likely N-dealkylation sites (tertiary alicyclic amines) is 1. The highest BCUT2D eigenvalue weighted by Crippen LogP contribution is 2.25. The molecule has 1 amide bonds. The summed E-state index contributed by atoms with van der Waals surface area (Å²) in [4.78, 5) is 13.1. The van der Waals surface area contributed by atoms with Crippen LogP contribution >= 0.6 is 23.2 Å². The molecule has 0 radical (unpaired) electrons. The third-order valence-electron chi connectivity index (χ3n) is 3.06. The van der Waals surface area contributed by atoms with Gasteiger partial charge in [-0.25, -0.2) is 0 Å². The van der Waals surface area contributed by atoms with Crippen LogP contribution in [0.3, 0.4) is 0 Å². The highest BCUT2D eigenvalue weighted by Gasteiger charge is 2.15. The van der Waals surface area contributed by atoms with Crippen molar-refractivity contribution < 1.29 is 9.53 Å². The molecule has 1 aromatic carbocycles. The molecule has 0 N–H and O–H groups in total. The molecule has 4 nitrogen and oxygen atoms in total. The van der Waals surface area contributed by atoms with E-state index >= 15 is 0 Å². The molecule has 0 unspecified atom stereocenters. The summed E-state index contributed by atoms with van der Waals surface area (Å²) >= 11 is 11.3. The Labute approximate surface area is 140 Å². The Morgan fingerprint density at radius 1 is 1.32 bits per heavy atom. The first kappa shape index (κ1) is 18.3. The molecule has 1 aromatic rings. The average molecular weight is 341 g/mol. The van der Waals surface area contributed by atoms with E-state index in [2.05, 4.69) is 0 Å². The Morgan fingerprint density at radius 3 is 2.45 bits per heavy atom. The number of nitriles is 1. The Morgan fingerprint density at radius 2 is 1.95 bits per heavy atom. The fourth-order valence-electron chi connectivity index (χ4n) is 1.85. The summed E-state index contributed by atoms with van der Waals surface area (Å²) in [6.45, 7) is 3.33. The van der Waals surface area contributed by atoms with Crippen LogP contribution in [0.15, 0.2) is 29.8 Å². The number of benzene rings is 1. The number of rotatable bonds is 2. The fraction of sp³-hybridized carbons (Fsp3) is 0.375. The van der Waals surface area contributed by atoms with Crippen LogP contribution in [0.2, 0.25) is 10.0 Å². The number of methoxy groups -OCH3 is 1. The second-order valence-corrected chi connectivity index (χ2v) is 5.57. The molecule has 1 aliphatic rings. The van der Waals surface area contributed by atoms with Gasteiger partial charge in [-0.2, -0.15) is 5.26 Å². The predicted molar refractivity (Wildman–Crippen MR) is 88.2 cm³/mol. The zero-order valence-electron chi connectivity index (χ0n) is 12.6. The summed E-state index contributed by atoms with van der Waals surface area (Å²) < 4.78 is 4.91. The Bertz CT molecular complexity index is 588. The van der Waals surface area contributed by atoms with Gasteiger partial charge in [0.25, 0.3) is 0 Å². The van der Waals surface area contributed by atoms with Crippen molar-refractivity contribution in [2.45, 2.75) is 19.8 Å². The summed E-state index contributed by atoms with van der Waals surface area (Å²) in [5.41, 5.74) is 0.479. The minimum atomic E-state index is -0.0217. The van der Waals surface area contributed by atoms with Gasteiger partial charge in [0.05, 0.1) is 23.2 Å². The molecule has 1 aliphatic heterocycles. The molecule has 1 saturated heterocycles. The molecule has 0 spiro atoms. The second-order valence-electron chi connectivity index (χ2n) is 4.75. The van der Waals surface area contributed by atoms with Gasteiger partial charge >= 0.3 is 0 Å². The van der Waals surface area contributed by atoms with Gasteiger partial charge in [0.15, 0.2) is 0 Å². The molecule has 0 atom stereocenters. The van der Waals surface area contributed by atoms with Crippen LogP contribution in [-0.4, -0.2) is 31.0 Å². The van der Waals surface area contributed by atoms with Gasteiger partial charge in [-0.1, -0.05) is 23.2 Å². The normalized spacial score (nSPS) is 14.0. The van der Waals surface area contributed by atoms with Crippen molar-refractivity contribution in [3.63, 3.8) is 0 Å². The summed E-state index contributed by atoms with van der Waals surface area (Å²) in [6, 6.07) is 7.06. The van der Waals surface area contributed by atoms with Crippen molar-refractivity contribution in [2.24, 2.45) is 0 Å². The van der Waals surface area contributed by atoms with E-state index in [0.717, 1.165) is 31.7 Å². The molecule has 0 saturated carbocycles. The summed E-state index contributed by atoms with van der Waals surface area (Å²) in [7, 11) is 1.58. The van der Waals surface area contributed by atoms with E-state index in [9.17, 15) is 4.79 Å². The highest BCUT2D eigenvalue weighted by atomic mass is 35.5. The van der Waals surface area contributed by atoms with E-state index < -0.39 is 0 Å². The zero-order valence-corrected chi connectivity index (χ0v) is 14.1. The zero-order chi connectivity index (χ0) is 16.5. The lowest BCUT2D eigenvalue weighted by atomic mass is 10.3. The van der Waals surface area contributed by atoms with E-state index in [1.807, 2.05) is 6.07 Å². The van der Waals surface area contributed by atoms with Crippen LogP contribution < -0.4 is 4.74 Å². The van der Waals surface area contributed by atoms with Gasteiger partial charge in [0.2, 0.25) is 5.91 Å². The van der Waals surface area contributed by atoms with E-state index in [-0.39, 0.29) is 5.91 Å². The third kappa shape index (κ3) is 5.97. The number of nitrogens with zero attached hydrogens (tertiary/aromatic N) is 2. The largest absolute Gasteiger partial charge is 0.497 e. The predicted octanol–water partition coefficient (Wildman–Crippen LogP) is 4.08.